The van der Waals surface area contributed by atoms with Crippen molar-refractivity contribution in [3.63, 3.8) is 0 Å². The van der Waals surface area contributed by atoms with Crippen LogP contribution in [0.5, 0.6) is 5.75 Å². The predicted molar refractivity (Wildman–Crippen MR) is 136 cm³/mol. The van der Waals surface area contributed by atoms with Crippen molar-refractivity contribution in [2.75, 3.05) is 19.6 Å². The summed E-state index contributed by atoms with van der Waals surface area (Å²) in [5, 5.41) is 1.18. The monoisotopic (exact) mass is 502 g/mol. The van der Waals surface area contributed by atoms with Gasteiger partial charge in [0.25, 0.3) is 0 Å². The molecule has 2 heterocycles. The van der Waals surface area contributed by atoms with Crippen LogP contribution in [0.15, 0.2) is 36.4 Å². The molecule has 0 aliphatic carbocycles. The van der Waals surface area contributed by atoms with E-state index in [-0.39, 0.29) is 29.9 Å². The minimum Gasteiger partial charge on any atom is -0.491 e. The Morgan fingerprint density at radius 1 is 1.00 bits per heavy atom. The number of piperidine rings is 1. The number of rotatable bonds is 6. The van der Waals surface area contributed by atoms with E-state index in [0.717, 1.165) is 61.3 Å². The maximum absolute atomic E-state index is 13.2. The number of likely N-dealkylation sites (tertiary alicyclic amines) is 2. The highest BCUT2D eigenvalue weighted by molar-refractivity contribution is 6.36. The smallest absolute Gasteiger partial charge is 0.226 e. The van der Waals surface area contributed by atoms with Crippen molar-refractivity contribution in [1.29, 1.82) is 0 Å². The minimum absolute atomic E-state index is 0.108. The molecule has 5 nitrogen and oxygen atoms in total. The average Bonchev–Trinajstić information content (AvgIpc) is 3.16. The van der Waals surface area contributed by atoms with E-state index >= 15 is 0 Å². The third-order valence-corrected chi connectivity index (χ3v) is 7.53. The zero-order chi connectivity index (χ0) is 24.4. The highest BCUT2D eigenvalue weighted by Crippen LogP contribution is 2.36. The lowest BCUT2D eigenvalue weighted by atomic mass is 9.95. The molecular formula is C27H32Cl2N2O3. The number of carbonyl (C=O) groups is 2. The number of amides is 2. The second kappa shape index (κ2) is 10.6. The molecule has 0 spiro atoms. The molecular weight excluding hydrogens is 471 g/mol. The molecule has 4 rings (SSSR count). The van der Waals surface area contributed by atoms with E-state index in [2.05, 4.69) is 0 Å². The Morgan fingerprint density at radius 2 is 1.62 bits per heavy atom. The van der Waals surface area contributed by atoms with Gasteiger partial charge in [0.2, 0.25) is 11.8 Å². The standard InChI is InChI=1S/C27H32Cl2N2O3/c1-17(2)34-23-6-4-19(5-7-23)21-15-25(28)24(26(29)16-21)14-20-8-13-31(27(20)33)22-9-11-30(12-10-22)18(3)32/h4-7,15-17,20,22H,8-14H2,1-3H3/t20-/m0/s1. The summed E-state index contributed by atoms with van der Waals surface area (Å²) in [6.07, 6.45) is 3.15. The normalized spacial score (nSPS) is 19.2. The Bertz CT molecular complexity index is 1020. The lowest BCUT2D eigenvalue weighted by Crippen LogP contribution is -2.47. The number of hydrogen-bond acceptors (Lipinski definition) is 3. The van der Waals surface area contributed by atoms with E-state index in [0.29, 0.717) is 16.5 Å². The quantitative estimate of drug-likeness (QED) is 0.497. The van der Waals surface area contributed by atoms with Gasteiger partial charge in [-0.15, -0.1) is 0 Å². The van der Waals surface area contributed by atoms with Crippen molar-refractivity contribution in [3.05, 3.63) is 52.0 Å². The molecule has 0 aromatic heterocycles. The van der Waals surface area contributed by atoms with Crippen LogP contribution in [0.2, 0.25) is 10.0 Å². The first kappa shape index (κ1) is 24.9. The van der Waals surface area contributed by atoms with Crippen molar-refractivity contribution in [1.82, 2.24) is 9.80 Å². The highest BCUT2D eigenvalue weighted by Gasteiger charge is 2.37. The molecule has 2 aromatic carbocycles. The second-order valence-corrected chi connectivity index (χ2v) is 10.4. The number of nitrogens with zero attached hydrogens (tertiary/aromatic N) is 2. The molecule has 34 heavy (non-hydrogen) atoms. The minimum atomic E-state index is -0.112. The summed E-state index contributed by atoms with van der Waals surface area (Å²) in [5.74, 6) is 0.998. The maximum Gasteiger partial charge on any atom is 0.226 e. The third kappa shape index (κ3) is 5.52. The van der Waals surface area contributed by atoms with Gasteiger partial charge in [-0.3, -0.25) is 9.59 Å². The highest BCUT2D eigenvalue weighted by atomic mass is 35.5. The average molecular weight is 503 g/mol. The van der Waals surface area contributed by atoms with Crippen molar-refractivity contribution in [2.24, 2.45) is 5.92 Å². The Morgan fingerprint density at radius 3 is 2.18 bits per heavy atom. The van der Waals surface area contributed by atoms with Crippen LogP contribution in [0.3, 0.4) is 0 Å². The van der Waals surface area contributed by atoms with Gasteiger partial charge >= 0.3 is 0 Å². The van der Waals surface area contributed by atoms with Crippen molar-refractivity contribution >= 4 is 35.0 Å². The van der Waals surface area contributed by atoms with Gasteiger partial charge in [-0.1, -0.05) is 35.3 Å². The van der Waals surface area contributed by atoms with Crippen molar-refractivity contribution < 1.29 is 14.3 Å². The third-order valence-electron chi connectivity index (χ3n) is 6.85. The first-order chi connectivity index (χ1) is 16.2. The summed E-state index contributed by atoms with van der Waals surface area (Å²) in [6.45, 7) is 7.80. The summed E-state index contributed by atoms with van der Waals surface area (Å²) in [5.41, 5.74) is 2.77. The molecule has 0 saturated carbocycles. The first-order valence-electron chi connectivity index (χ1n) is 12.0. The SMILES string of the molecule is CC(=O)N1CCC(N2CC[C@@H](Cc3c(Cl)cc(-c4ccc(OC(C)C)cc4)cc3Cl)C2=O)CC1. The fourth-order valence-electron chi connectivity index (χ4n) is 5.02. The lowest BCUT2D eigenvalue weighted by molar-refractivity contribution is -0.135. The molecule has 2 saturated heterocycles. The summed E-state index contributed by atoms with van der Waals surface area (Å²) >= 11 is 13.3. The van der Waals surface area contributed by atoms with Crippen LogP contribution in [0.4, 0.5) is 0 Å². The van der Waals surface area contributed by atoms with Gasteiger partial charge in [0.05, 0.1) is 6.10 Å². The van der Waals surface area contributed by atoms with Crippen molar-refractivity contribution in [3.8, 4) is 16.9 Å². The van der Waals surface area contributed by atoms with Crippen LogP contribution in [-0.4, -0.2) is 53.4 Å². The van der Waals surface area contributed by atoms with Crippen LogP contribution in [0.25, 0.3) is 11.1 Å². The molecule has 0 bridgehead atoms. The Kier molecular flexibility index (Phi) is 7.73. The van der Waals surface area contributed by atoms with Gasteiger partial charge in [-0.05, 0) is 80.5 Å². The molecule has 7 heteroatoms. The Hall–Kier alpha value is -2.24. The van der Waals surface area contributed by atoms with Gasteiger partial charge in [0.1, 0.15) is 5.75 Å². The zero-order valence-corrected chi connectivity index (χ0v) is 21.5. The molecule has 0 N–H and O–H groups in total. The first-order valence-corrected chi connectivity index (χ1v) is 12.8. The van der Waals surface area contributed by atoms with Crippen LogP contribution >= 0.6 is 23.2 Å². The summed E-state index contributed by atoms with van der Waals surface area (Å²) in [6, 6.07) is 11.9. The molecule has 2 fully saturated rings. The molecule has 1 atom stereocenters. The number of benzene rings is 2. The van der Waals surface area contributed by atoms with E-state index in [1.54, 1.807) is 6.92 Å². The second-order valence-electron chi connectivity index (χ2n) is 9.57. The van der Waals surface area contributed by atoms with Gasteiger partial charge in [-0.25, -0.2) is 0 Å². The summed E-state index contributed by atoms with van der Waals surface area (Å²) in [7, 11) is 0. The van der Waals surface area contributed by atoms with E-state index < -0.39 is 0 Å². The predicted octanol–water partition coefficient (Wildman–Crippen LogP) is 5.85. The van der Waals surface area contributed by atoms with Crippen LogP contribution in [0, 0.1) is 5.92 Å². The summed E-state index contributed by atoms with van der Waals surface area (Å²) in [4.78, 5) is 28.7. The number of halogens is 2. The molecule has 2 aliphatic heterocycles. The molecule has 2 aromatic rings. The van der Waals surface area contributed by atoms with Crippen LogP contribution in [0.1, 0.15) is 45.6 Å². The van der Waals surface area contributed by atoms with E-state index in [1.807, 2.05) is 60.0 Å². The molecule has 0 unspecified atom stereocenters. The maximum atomic E-state index is 13.2. The molecule has 2 amide bonds. The van der Waals surface area contributed by atoms with Crippen LogP contribution < -0.4 is 4.74 Å². The fourth-order valence-corrected chi connectivity index (χ4v) is 5.66. The molecule has 182 valence electrons. The topological polar surface area (TPSA) is 49.9 Å². The fraction of sp³-hybridized carbons (Fsp3) is 0.481. The van der Waals surface area contributed by atoms with Gasteiger partial charge in [0.15, 0.2) is 0 Å². The number of carbonyl (C=O) groups excluding carboxylic acids is 2. The lowest BCUT2D eigenvalue weighted by Gasteiger charge is -2.36. The molecule has 2 aliphatic rings. The van der Waals surface area contributed by atoms with E-state index in [9.17, 15) is 9.59 Å². The van der Waals surface area contributed by atoms with Gasteiger partial charge < -0.3 is 14.5 Å². The van der Waals surface area contributed by atoms with Crippen molar-refractivity contribution in [2.45, 2.75) is 58.6 Å². The van der Waals surface area contributed by atoms with E-state index in [1.165, 1.54) is 0 Å². The largest absolute Gasteiger partial charge is 0.491 e. The Balaban J connectivity index is 1.42. The van der Waals surface area contributed by atoms with E-state index in [4.69, 9.17) is 27.9 Å². The van der Waals surface area contributed by atoms with Gasteiger partial charge in [0, 0.05) is 48.6 Å². The number of ether oxygens (including phenoxy) is 1. The van der Waals surface area contributed by atoms with Crippen LogP contribution in [-0.2, 0) is 16.0 Å². The summed E-state index contributed by atoms with van der Waals surface area (Å²) < 4.78 is 5.72. The zero-order valence-electron chi connectivity index (χ0n) is 20.0. The molecule has 0 radical (unpaired) electrons. The number of hydrogen-bond donors (Lipinski definition) is 0. The van der Waals surface area contributed by atoms with Gasteiger partial charge in [-0.2, -0.15) is 0 Å². The Labute approximate surface area is 212 Å².